The average molecular weight is 474 g/mol. The summed E-state index contributed by atoms with van der Waals surface area (Å²) in [6.07, 6.45) is 4.47. The third kappa shape index (κ3) is 10.6. The van der Waals surface area contributed by atoms with Crippen LogP contribution in [0.3, 0.4) is 0 Å². The van der Waals surface area contributed by atoms with Gasteiger partial charge in [-0.1, -0.05) is 38.8 Å². The van der Waals surface area contributed by atoms with Gasteiger partial charge in [-0.3, -0.25) is 9.79 Å². The van der Waals surface area contributed by atoms with Crippen LogP contribution in [0.1, 0.15) is 56.0 Å². The number of carbonyl (C=O) groups is 1. The minimum atomic E-state index is -0.0499. The highest BCUT2D eigenvalue weighted by atomic mass is 127. The molecule has 0 bridgehead atoms. The maximum Gasteiger partial charge on any atom is 0.251 e. The first-order valence-corrected chi connectivity index (χ1v) is 9.40. The van der Waals surface area contributed by atoms with Crippen molar-refractivity contribution in [3.8, 4) is 0 Å². The van der Waals surface area contributed by atoms with Crippen molar-refractivity contribution < 1.29 is 4.79 Å². The number of hydrogen-bond donors (Lipinski definition) is 3. The smallest absolute Gasteiger partial charge is 0.251 e. The molecule has 1 aromatic rings. The van der Waals surface area contributed by atoms with Crippen LogP contribution in [-0.4, -0.2) is 38.5 Å². The second kappa shape index (κ2) is 14.8. The van der Waals surface area contributed by atoms with E-state index in [-0.39, 0.29) is 29.9 Å². The Morgan fingerprint density at radius 2 is 1.96 bits per heavy atom. The average Bonchev–Trinajstić information content (AvgIpc) is 2.60. The molecule has 0 aliphatic carbocycles. The number of hydrogen-bond acceptors (Lipinski definition) is 2. The molecule has 1 aromatic carbocycles. The number of unbranched alkanes of at least 4 members (excludes halogenated alkanes) is 1. The Labute approximate surface area is 175 Å². The normalized spacial score (nSPS) is 11.0. The largest absolute Gasteiger partial charge is 0.357 e. The molecule has 0 atom stereocenters. The molecular weight excluding hydrogens is 439 g/mol. The molecule has 26 heavy (non-hydrogen) atoms. The zero-order valence-corrected chi connectivity index (χ0v) is 18.9. The predicted octanol–water partition coefficient (Wildman–Crippen LogP) is 3.59. The van der Waals surface area contributed by atoms with Crippen LogP contribution >= 0.6 is 24.0 Å². The molecule has 5 nitrogen and oxygen atoms in total. The third-order valence-corrected chi connectivity index (χ3v) is 3.93. The lowest BCUT2D eigenvalue weighted by molar-refractivity contribution is 0.0963. The first kappa shape index (κ1) is 24.7. The van der Waals surface area contributed by atoms with E-state index in [9.17, 15) is 4.79 Å². The van der Waals surface area contributed by atoms with Crippen LogP contribution < -0.4 is 16.0 Å². The summed E-state index contributed by atoms with van der Waals surface area (Å²) in [5.74, 6) is 1.58. The number of benzene rings is 1. The van der Waals surface area contributed by atoms with Gasteiger partial charge in [0.1, 0.15) is 0 Å². The summed E-state index contributed by atoms with van der Waals surface area (Å²) in [6.45, 7) is 9.08. The standard InChI is InChI=1S/C20H34N4O.HI/c1-5-22-20(23-13-7-6-9-16(2)3)24-14-12-17-10-8-11-18(15-17)19(25)21-4;/h8,10-11,15-16H,5-7,9,12-14H2,1-4H3,(H,21,25)(H2,22,23,24);1H. The Kier molecular flexibility index (Phi) is 14.1. The highest BCUT2D eigenvalue weighted by Crippen LogP contribution is 2.06. The number of carbonyl (C=O) groups excluding carboxylic acids is 1. The summed E-state index contributed by atoms with van der Waals surface area (Å²) < 4.78 is 0. The Balaban J connectivity index is 0.00000625. The van der Waals surface area contributed by atoms with Crippen molar-refractivity contribution >= 4 is 35.8 Å². The molecule has 0 aliphatic heterocycles. The van der Waals surface area contributed by atoms with Gasteiger partial charge in [0.2, 0.25) is 0 Å². The fourth-order valence-electron chi connectivity index (χ4n) is 2.53. The zero-order valence-electron chi connectivity index (χ0n) is 16.6. The third-order valence-electron chi connectivity index (χ3n) is 3.93. The van der Waals surface area contributed by atoms with E-state index in [0.717, 1.165) is 49.9 Å². The van der Waals surface area contributed by atoms with Crippen LogP contribution in [0.2, 0.25) is 0 Å². The number of aliphatic imine (C=N–C) groups is 1. The number of halogens is 1. The van der Waals surface area contributed by atoms with Gasteiger partial charge in [-0.25, -0.2) is 0 Å². The molecule has 0 radical (unpaired) electrons. The number of nitrogens with one attached hydrogen (secondary N) is 3. The van der Waals surface area contributed by atoms with Gasteiger partial charge in [0.15, 0.2) is 5.96 Å². The van der Waals surface area contributed by atoms with Gasteiger partial charge < -0.3 is 16.0 Å². The number of nitrogens with zero attached hydrogens (tertiary/aromatic N) is 1. The Morgan fingerprint density at radius 3 is 2.62 bits per heavy atom. The molecule has 0 aromatic heterocycles. The lowest BCUT2D eigenvalue weighted by atomic mass is 10.1. The molecule has 0 saturated heterocycles. The van der Waals surface area contributed by atoms with Gasteiger partial charge in [-0.05, 0) is 43.4 Å². The summed E-state index contributed by atoms with van der Waals surface area (Å²) >= 11 is 0. The van der Waals surface area contributed by atoms with Crippen molar-refractivity contribution in [1.29, 1.82) is 0 Å². The van der Waals surface area contributed by atoms with Crippen molar-refractivity contribution in [2.24, 2.45) is 10.9 Å². The van der Waals surface area contributed by atoms with Gasteiger partial charge >= 0.3 is 0 Å². The molecule has 0 unspecified atom stereocenters. The molecule has 0 fully saturated rings. The zero-order chi connectivity index (χ0) is 18.5. The van der Waals surface area contributed by atoms with E-state index in [4.69, 9.17) is 0 Å². The fourth-order valence-corrected chi connectivity index (χ4v) is 2.53. The number of amides is 1. The number of rotatable bonds is 10. The molecule has 1 rings (SSSR count). The van der Waals surface area contributed by atoms with Crippen LogP contribution in [0, 0.1) is 5.92 Å². The lowest BCUT2D eigenvalue weighted by Gasteiger charge is -2.12. The SMILES string of the molecule is CCNC(=NCCCCC(C)C)NCCc1cccc(C(=O)NC)c1.I. The Morgan fingerprint density at radius 1 is 1.19 bits per heavy atom. The van der Waals surface area contributed by atoms with E-state index >= 15 is 0 Å². The van der Waals surface area contributed by atoms with Crippen molar-refractivity contribution in [2.45, 2.75) is 46.5 Å². The van der Waals surface area contributed by atoms with Crippen molar-refractivity contribution in [2.75, 3.05) is 26.7 Å². The lowest BCUT2D eigenvalue weighted by Crippen LogP contribution is -2.38. The van der Waals surface area contributed by atoms with E-state index in [1.54, 1.807) is 7.05 Å². The van der Waals surface area contributed by atoms with E-state index in [2.05, 4.69) is 41.7 Å². The second-order valence-corrected chi connectivity index (χ2v) is 6.61. The van der Waals surface area contributed by atoms with Crippen LogP contribution in [0.4, 0.5) is 0 Å². The molecular formula is C20H35IN4O. The highest BCUT2D eigenvalue weighted by Gasteiger charge is 2.04. The Bertz CT molecular complexity index is 546. The molecule has 0 spiro atoms. The highest BCUT2D eigenvalue weighted by molar-refractivity contribution is 14.0. The summed E-state index contributed by atoms with van der Waals surface area (Å²) in [5, 5.41) is 9.31. The molecule has 0 aliphatic rings. The van der Waals surface area contributed by atoms with E-state index < -0.39 is 0 Å². The maximum absolute atomic E-state index is 11.7. The first-order chi connectivity index (χ1) is 12.1. The fraction of sp³-hybridized carbons (Fsp3) is 0.600. The van der Waals surface area contributed by atoms with Crippen molar-refractivity contribution in [3.63, 3.8) is 0 Å². The minimum Gasteiger partial charge on any atom is -0.357 e. The maximum atomic E-state index is 11.7. The predicted molar refractivity (Wildman–Crippen MR) is 122 cm³/mol. The number of guanidine groups is 1. The van der Waals surface area contributed by atoms with Gasteiger partial charge in [-0.2, -0.15) is 0 Å². The summed E-state index contributed by atoms with van der Waals surface area (Å²) in [7, 11) is 1.65. The molecule has 3 N–H and O–H groups in total. The Hall–Kier alpha value is -1.31. The van der Waals surface area contributed by atoms with E-state index in [0.29, 0.717) is 5.56 Å². The van der Waals surface area contributed by atoms with Gasteiger partial charge in [0.05, 0.1) is 0 Å². The minimum absolute atomic E-state index is 0. The van der Waals surface area contributed by atoms with Crippen LogP contribution in [0.5, 0.6) is 0 Å². The molecule has 148 valence electrons. The van der Waals surface area contributed by atoms with E-state index in [1.807, 2.05) is 24.3 Å². The monoisotopic (exact) mass is 474 g/mol. The molecule has 6 heteroatoms. The van der Waals surface area contributed by atoms with Gasteiger partial charge in [0, 0.05) is 32.2 Å². The first-order valence-electron chi connectivity index (χ1n) is 9.40. The van der Waals surface area contributed by atoms with Gasteiger partial charge in [0.25, 0.3) is 5.91 Å². The van der Waals surface area contributed by atoms with Gasteiger partial charge in [-0.15, -0.1) is 24.0 Å². The quantitative estimate of drug-likeness (QED) is 0.210. The van der Waals surface area contributed by atoms with Crippen molar-refractivity contribution in [3.05, 3.63) is 35.4 Å². The second-order valence-electron chi connectivity index (χ2n) is 6.61. The molecule has 1 amide bonds. The summed E-state index contributed by atoms with van der Waals surface area (Å²) in [5.41, 5.74) is 1.84. The topological polar surface area (TPSA) is 65.5 Å². The summed E-state index contributed by atoms with van der Waals surface area (Å²) in [6, 6.07) is 7.74. The molecule has 0 saturated carbocycles. The van der Waals surface area contributed by atoms with Crippen LogP contribution in [-0.2, 0) is 6.42 Å². The van der Waals surface area contributed by atoms with E-state index in [1.165, 1.54) is 12.8 Å². The van der Waals surface area contributed by atoms with Crippen LogP contribution in [0.15, 0.2) is 29.3 Å². The van der Waals surface area contributed by atoms with Crippen LogP contribution in [0.25, 0.3) is 0 Å². The molecule has 0 heterocycles. The summed E-state index contributed by atoms with van der Waals surface area (Å²) in [4.78, 5) is 16.3. The van der Waals surface area contributed by atoms with Crippen molar-refractivity contribution in [1.82, 2.24) is 16.0 Å².